The molecule has 1 aromatic heterocycles. The summed E-state index contributed by atoms with van der Waals surface area (Å²) in [6.45, 7) is 7.00. The van der Waals surface area contributed by atoms with Gasteiger partial charge in [0.2, 0.25) is 16.9 Å². The van der Waals surface area contributed by atoms with E-state index in [0.717, 1.165) is 11.3 Å². The fraction of sp³-hybridized carbons (Fsp3) is 0.412. The number of methoxy groups -OCH3 is 1. The summed E-state index contributed by atoms with van der Waals surface area (Å²) in [5.41, 5.74) is 0.294. The highest BCUT2D eigenvalue weighted by atomic mass is 32.1. The van der Waals surface area contributed by atoms with Gasteiger partial charge in [-0.3, -0.25) is 14.9 Å². The number of rotatable bonds is 5. The number of benzene rings is 1. The fourth-order valence-electron chi connectivity index (χ4n) is 1.84. The molecule has 2 N–H and O–H groups in total. The summed E-state index contributed by atoms with van der Waals surface area (Å²) in [4.78, 5) is 24.2. The van der Waals surface area contributed by atoms with Crippen LogP contribution in [0.1, 0.15) is 27.7 Å². The molecule has 7 nitrogen and oxygen atoms in total. The number of nitrogens with zero attached hydrogens (tertiary/aromatic N) is 2. The Kier molecular flexibility index (Phi) is 5.73. The van der Waals surface area contributed by atoms with Crippen LogP contribution < -0.4 is 15.4 Å². The van der Waals surface area contributed by atoms with E-state index in [1.54, 1.807) is 34.8 Å². The molecule has 8 heteroatoms. The zero-order valence-corrected chi connectivity index (χ0v) is 15.7. The van der Waals surface area contributed by atoms with Crippen molar-refractivity contribution in [1.29, 1.82) is 0 Å². The van der Waals surface area contributed by atoms with Crippen molar-refractivity contribution in [2.45, 2.75) is 33.7 Å². The van der Waals surface area contributed by atoms with Crippen molar-refractivity contribution in [3.05, 3.63) is 24.3 Å². The van der Waals surface area contributed by atoms with Gasteiger partial charge in [-0.15, -0.1) is 10.2 Å². The number of aromatic nitrogens is 2. The van der Waals surface area contributed by atoms with Crippen molar-refractivity contribution in [2.24, 2.45) is 5.41 Å². The molecule has 2 amide bonds. The van der Waals surface area contributed by atoms with Crippen LogP contribution in [-0.2, 0) is 9.59 Å². The van der Waals surface area contributed by atoms with Gasteiger partial charge in [-0.25, -0.2) is 0 Å². The molecule has 1 aromatic carbocycles. The first-order valence-electron chi connectivity index (χ1n) is 7.80. The highest BCUT2D eigenvalue weighted by molar-refractivity contribution is 7.18. The lowest BCUT2D eigenvalue weighted by molar-refractivity contribution is -0.131. The predicted octanol–water partition coefficient (Wildman–Crippen LogP) is 2.70. The van der Waals surface area contributed by atoms with Gasteiger partial charge in [0.15, 0.2) is 0 Å². The summed E-state index contributed by atoms with van der Waals surface area (Å²) < 4.78 is 5.19. The first kappa shape index (κ1) is 18.9. The number of anilines is 1. The summed E-state index contributed by atoms with van der Waals surface area (Å²) >= 11 is 1.25. The quantitative estimate of drug-likeness (QED) is 0.853. The Morgan fingerprint density at radius 3 is 2.60 bits per heavy atom. The molecule has 0 unspecified atom stereocenters. The summed E-state index contributed by atoms with van der Waals surface area (Å²) in [5, 5.41) is 14.5. The molecule has 0 radical (unpaired) electrons. The van der Waals surface area contributed by atoms with Crippen LogP contribution in [0.5, 0.6) is 5.75 Å². The number of ether oxygens (including phenoxy) is 1. The van der Waals surface area contributed by atoms with Crippen LogP contribution in [0.3, 0.4) is 0 Å². The molecular weight excluding hydrogens is 340 g/mol. The summed E-state index contributed by atoms with van der Waals surface area (Å²) in [6, 6.07) is 6.76. The van der Waals surface area contributed by atoms with Crippen LogP contribution in [0.4, 0.5) is 5.13 Å². The van der Waals surface area contributed by atoms with Crippen LogP contribution in [0.25, 0.3) is 10.6 Å². The zero-order chi connectivity index (χ0) is 18.6. The fourth-order valence-corrected chi connectivity index (χ4v) is 2.58. The third-order valence-corrected chi connectivity index (χ3v) is 4.28. The molecule has 0 aliphatic carbocycles. The summed E-state index contributed by atoms with van der Waals surface area (Å²) in [6.07, 6.45) is 0. The van der Waals surface area contributed by atoms with Gasteiger partial charge in [-0.1, -0.05) is 44.2 Å². The molecule has 0 bridgehead atoms. The lowest BCUT2D eigenvalue weighted by atomic mass is 9.95. The van der Waals surface area contributed by atoms with E-state index in [9.17, 15) is 9.59 Å². The smallest absolute Gasteiger partial charge is 0.248 e. The van der Waals surface area contributed by atoms with Gasteiger partial charge in [-0.05, 0) is 19.1 Å². The van der Waals surface area contributed by atoms with E-state index in [1.165, 1.54) is 11.3 Å². The topological polar surface area (TPSA) is 93.2 Å². The minimum atomic E-state index is -0.670. The predicted molar refractivity (Wildman–Crippen MR) is 97.6 cm³/mol. The molecule has 0 aliphatic rings. The normalized spacial score (nSPS) is 12.4. The van der Waals surface area contributed by atoms with E-state index in [-0.39, 0.29) is 11.8 Å². The highest BCUT2D eigenvalue weighted by Crippen LogP contribution is 2.28. The van der Waals surface area contributed by atoms with E-state index >= 15 is 0 Å². The van der Waals surface area contributed by atoms with Gasteiger partial charge >= 0.3 is 0 Å². The Bertz CT molecular complexity index is 767. The second-order valence-electron chi connectivity index (χ2n) is 6.58. The van der Waals surface area contributed by atoms with Crippen molar-refractivity contribution in [2.75, 3.05) is 12.4 Å². The third kappa shape index (κ3) is 4.99. The minimum Gasteiger partial charge on any atom is -0.497 e. The summed E-state index contributed by atoms with van der Waals surface area (Å²) in [7, 11) is 1.60. The SMILES string of the molecule is COc1cccc(-c2nnc(NC(=O)[C@@H](C)NC(=O)C(C)(C)C)s2)c1. The maximum Gasteiger partial charge on any atom is 0.248 e. The van der Waals surface area contributed by atoms with Crippen LogP contribution in [0.2, 0.25) is 0 Å². The molecule has 134 valence electrons. The first-order valence-corrected chi connectivity index (χ1v) is 8.62. The zero-order valence-electron chi connectivity index (χ0n) is 14.9. The monoisotopic (exact) mass is 362 g/mol. The first-order chi connectivity index (χ1) is 11.7. The van der Waals surface area contributed by atoms with Gasteiger partial charge in [0, 0.05) is 11.0 Å². The number of carbonyl (C=O) groups excluding carboxylic acids is 2. The largest absolute Gasteiger partial charge is 0.497 e. The number of hydrogen-bond acceptors (Lipinski definition) is 6. The lowest BCUT2D eigenvalue weighted by Crippen LogP contribution is -2.46. The van der Waals surface area contributed by atoms with Crippen molar-refractivity contribution in [3.8, 4) is 16.3 Å². The molecule has 0 saturated heterocycles. The molecule has 1 atom stereocenters. The van der Waals surface area contributed by atoms with Crippen molar-refractivity contribution in [3.63, 3.8) is 0 Å². The average molecular weight is 362 g/mol. The van der Waals surface area contributed by atoms with E-state index in [4.69, 9.17) is 4.74 Å². The van der Waals surface area contributed by atoms with E-state index in [1.807, 2.05) is 24.3 Å². The van der Waals surface area contributed by atoms with Gasteiger partial charge in [0.1, 0.15) is 16.8 Å². The number of carbonyl (C=O) groups is 2. The molecule has 2 rings (SSSR count). The standard InChI is InChI=1S/C17H22N4O3S/c1-10(18-15(23)17(2,3)4)13(22)19-16-21-20-14(25-16)11-7-6-8-12(9-11)24-5/h6-10H,1-5H3,(H,18,23)(H,19,21,22)/t10-/m1/s1. The van der Waals surface area contributed by atoms with E-state index < -0.39 is 11.5 Å². The second kappa shape index (κ2) is 7.60. The van der Waals surface area contributed by atoms with Crippen molar-refractivity contribution >= 4 is 28.3 Å². The van der Waals surface area contributed by atoms with Crippen LogP contribution >= 0.6 is 11.3 Å². The third-order valence-electron chi connectivity index (χ3n) is 3.39. The molecule has 0 aliphatic heterocycles. The molecule has 2 aromatic rings. The molecule has 0 fully saturated rings. The van der Waals surface area contributed by atoms with Gasteiger partial charge in [-0.2, -0.15) is 0 Å². The molecule has 0 saturated carbocycles. The Morgan fingerprint density at radius 2 is 1.96 bits per heavy atom. The number of hydrogen-bond donors (Lipinski definition) is 2. The second-order valence-corrected chi connectivity index (χ2v) is 7.56. The summed E-state index contributed by atoms with van der Waals surface area (Å²) in [5.74, 6) is 0.187. The van der Waals surface area contributed by atoms with E-state index in [0.29, 0.717) is 10.1 Å². The maximum atomic E-state index is 12.2. The Balaban J connectivity index is 2.03. The molecular formula is C17H22N4O3S. The van der Waals surface area contributed by atoms with Gasteiger partial charge in [0.25, 0.3) is 0 Å². The Labute approximate surface area is 150 Å². The molecule has 1 heterocycles. The van der Waals surface area contributed by atoms with Gasteiger partial charge < -0.3 is 10.1 Å². The average Bonchev–Trinajstić information content (AvgIpc) is 3.02. The lowest BCUT2D eigenvalue weighted by Gasteiger charge is -2.21. The highest BCUT2D eigenvalue weighted by Gasteiger charge is 2.25. The number of amides is 2. The molecule has 25 heavy (non-hydrogen) atoms. The van der Waals surface area contributed by atoms with Crippen LogP contribution in [0, 0.1) is 5.41 Å². The Hall–Kier alpha value is -2.48. The number of nitrogens with one attached hydrogen (secondary N) is 2. The van der Waals surface area contributed by atoms with Crippen molar-refractivity contribution in [1.82, 2.24) is 15.5 Å². The van der Waals surface area contributed by atoms with Crippen molar-refractivity contribution < 1.29 is 14.3 Å². The minimum absolute atomic E-state index is 0.190. The Morgan fingerprint density at radius 1 is 1.24 bits per heavy atom. The maximum absolute atomic E-state index is 12.2. The van der Waals surface area contributed by atoms with E-state index in [2.05, 4.69) is 20.8 Å². The van der Waals surface area contributed by atoms with Crippen LogP contribution in [-0.4, -0.2) is 35.2 Å². The molecule has 0 spiro atoms. The van der Waals surface area contributed by atoms with Gasteiger partial charge in [0.05, 0.1) is 7.11 Å². The van der Waals surface area contributed by atoms with Crippen LogP contribution in [0.15, 0.2) is 24.3 Å².